The summed E-state index contributed by atoms with van der Waals surface area (Å²) in [6.07, 6.45) is 2.36. The Morgan fingerprint density at radius 3 is 2.78 bits per heavy atom. The maximum atomic E-state index is 11.8. The Bertz CT molecular complexity index is 467. The first-order valence-electron chi connectivity index (χ1n) is 5.47. The van der Waals surface area contributed by atoms with E-state index in [2.05, 4.69) is 21.2 Å². The second-order valence-corrected chi connectivity index (χ2v) is 7.05. The van der Waals surface area contributed by atoms with Gasteiger partial charge in [0.15, 0.2) is 0 Å². The number of carbonyl (C=O) groups is 1. The molecule has 1 amide bonds. The molecule has 0 saturated carbocycles. The molecule has 0 spiro atoms. The van der Waals surface area contributed by atoms with E-state index >= 15 is 0 Å². The van der Waals surface area contributed by atoms with Crippen molar-refractivity contribution in [1.82, 2.24) is 5.32 Å². The average molecular weight is 353 g/mol. The highest BCUT2D eigenvalue weighted by molar-refractivity contribution is 9.10. The molecule has 0 bridgehead atoms. The van der Waals surface area contributed by atoms with Crippen LogP contribution in [-0.2, 0) is 10.8 Å². The molecule has 1 aromatic rings. The molecule has 1 rings (SSSR count). The molecular formula is C12H15BrClNO2S. The lowest BCUT2D eigenvalue weighted by atomic mass is 10.2. The van der Waals surface area contributed by atoms with Crippen molar-refractivity contribution >= 4 is 44.2 Å². The van der Waals surface area contributed by atoms with E-state index in [-0.39, 0.29) is 11.2 Å². The van der Waals surface area contributed by atoms with Crippen molar-refractivity contribution in [3.63, 3.8) is 0 Å². The zero-order chi connectivity index (χ0) is 13.7. The van der Waals surface area contributed by atoms with Crippen LogP contribution in [0.15, 0.2) is 22.7 Å². The Balaban J connectivity index is 2.50. The lowest BCUT2D eigenvalue weighted by molar-refractivity contribution is 0.0953. The van der Waals surface area contributed by atoms with Crippen LogP contribution in [-0.4, -0.2) is 28.2 Å². The topological polar surface area (TPSA) is 46.2 Å². The third-order valence-corrected chi connectivity index (χ3v) is 5.19. The van der Waals surface area contributed by atoms with Gasteiger partial charge in [-0.05, 0) is 40.5 Å². The van der Waals surface area contributed by atoms with E-state index in [1.165, 1.54) is 0 Å². The number of carbonyl (C=O) groups excluding carboxylic acids is 1. The van der Waals surface area contributed by atoms with E-state index in [1.807, 2.05) is 6.92 Å². The van der Waals surface area contributed by atoms with Crippen LogP contribution >= 0.6 is 27.5 Å². The summed E-state index contributed by atoms with van der Waals surface area (Å²) in [4.78, 5) is 11.8. The summed E-state index contributed by atoms with van der Waals surface area (Å²) in [5.74, 6) is -0.168. The normalized spacial score (nSPS) is 14.0. The first-order valence-corrected chi connectivity index (χ1v) is 8.26. The molecule has 2 atom stereocenters. The number of halogens is 2. The average Bonchev–Trinajstić information content (AvgIpc) is 2.32. The molecule has 0 saturated heterocycles. The van der Waals surface area contributed by atoms with E-state index in [1.54, 1.807) is 24.5 Å². The third kappa shape index (κ3) is 4.71. The molecule has 18 heavy (non-hydrogen) atoms. The third-order valence-electron chi connectivity index (χ3n) is 2.58. The van der Waals surface area contributed by atoms with E-state index in [9.17, 15) is 9.00 Å². The zero-order valence-corrected chi connectivity index (χ0v) is 13.4. The lowest BCUT2D eigenvalue weighted by Crippen LogP contribution is -2.27. The molecule has 2 unspecified atom stereocenters. The maximum Gasteiger partial charge on any atom is 0.251 e. The molecule has 1 aromatic carbocycles. The van der Waals surface area contributed by atoms with E-state index in [0.29, 0.717) is 23.6 Å². The van der Waals surface area contributed by atoms with Crippen molar-refractivity contribution in [1.29, 1.82) is 0 Å². The Labute approximate surface area is 123 Å². The minimum absolute atomic E-state index is 0.0822. The minimum atomic E-state index is -0.855. The Morgan fingerprint density at radius 2 is 2.22 bits per heavy atom. The number of hydrogen-bond acceptors (Lipinski definition) is 2. The van der Waals surface area contributed by atoms with Gasteiger partial charge in [-0.1, -0.05) is 18.5 Å². The summed E-state index contributed by atoms with van der Waals surface area (Å²) in [5.41, 5.74) is 0.522. The van der Waals surface area contributed by atoms with Gasteiger partial charge in [-0.2, -0.15) is 0 Å². The second-order valence-electron chi connectivity index (χ2n) is 3.98. The van der Waals surface area contributed by atoms with Crippen LogP contribution in [0, 0.1) is 0 Å². The first kappa shape index (κ1) is 15.7. The van der Waals surface area contributed by atoms with Crippen molar-refractivity contribution in [2.75, 3.05) is 12.8 Å². The molecule has 100 valence electrons. The predicted molar refractivity (Wildman–Crippen MR) is 79.6 cm³/mol. The van der Waals surface area contributed by atoms with Crippen LogP contribution in [0.3, 0.4) is 0 Å². The van der Waals surface area contributed by atoms with Crippen molar-refractivity contribution in [3.05, 3.63) is 33.3 Å². The number of benzene rings is 1. The highest BCUT2D eigenvalue weighted by Gasteiger charge is 2.09. The van der Waals surface area contributed by atoms with Crippen molar-refractivity contribution in [2.24, 2.45) is 0 Å². The van der Waals surface area contributed by atoms with Crippen molar-refractivity contribution < 1.29 is 9.00 Å². The van der Waals surface area contributed by atoms with Gasteiger partial charge in [0.1, 0.15) is 0 Å². The van der Waals surface area contributed by atoms with Crippen molar-refractivity contribution in [3.8, 4) is 0 Å². The largest absolute Gasteiger partial charge is 0.352 e. The molecule has 1 N–H and O–H groups in total. The van der Waals surface area contributed by atoms with Crippen LogP contribution < -0.4 is 5.32 Å². The molecule has 0 fully saturated rings. The minimum Gasteiger partial charge on any atom is -0.352 e. The number of rotatable bonds is 5. The summed E-state index contributed by atoms with van der Waals surface area (Å²) in [6.45, 7) is 2.41. The molecule has 0 aliphatic carbocycles. The summed E-state index contributed by atoms with van der Waals surface area (Å²) in [7, 11) is -0.855. The van der Waals surface area contributed by atoms with E-state index in [4.69, 9.17) is 11.6 Å². The zero-order valence-electron chi connectivity index (χ0n) is 10.2. The molecule has 6 heteroatoms. The van der Waals surface area contributed by atoms with E-state index in [0.717, 1.165) is 4.47 Å². The number of amides is 1. The van der Waals surface area contributed by atoms with E-state index < -0.39 is 10.8 Å². The van der Waals surface area contributed by atoms with Gasteiger partial charge in [-0.3, -0.25) is 9.00 Å². The molecule has 0 aliphatic rings. The maximum absolute atomic E-state index is 11.8. The first-order chi connectivity index (χ1) is 8.41. The standard InChI is InChI=1S/C12H15BrClNO2S/c1-8(18(2)17)5-6-15-12(16)9-3-4-10(13)11(14)7-9/h3-4,7-8H,5-6H2,1-2H3,(H,15,16). The van der Waals surface area contributed by atoms with Gasteiger partial charge in [-0.25, -0.2) is 0 Å². The molecule has 0 aliphatic heterocycles. The predicted octanol–water partition coefficient (Wildman–Crippen LogP) is 2.99. The fourth-order valence-corrected chi connectivity index (χ4v) is 2.17. The van der Waals surface area contributed by atoms with Gasteiger partial charge < -0.3 is 5.32 Å². The van der Waals surface area contributed by atoms with Gasteiger partial charge in [0.05, 0.1) is 5.02 Å². The van der Waals surface area contributed by atoms with Gasteiger partial charge in [0.25, 0.3) is 5.91 Å². The second kappa shape index (κ2) is 7.26. The molecule has 3 nitrogen and oxygen atoms in total. The number of hydrogen-bond donors (Lipinski definition) is 1. The molecular weight excluding hydrogens is 338 g/mol. The van der Waals surface area contributed by atoms with Crippen LogP contribution in [0.1, 0.15) is 23.7 Å². The van der Waals surface area contributed by atoms with Gasteiger partial charge in [-0.15, -0.1) is 0 Å². The van der Waals surface area contributed by atoms with Crippen LogP contribution in [0.25, 0.3) is 0 Å². The SMILES string of the molecule is CC(CCNC(=O)c1ccc(Br)c(Cl)c1)S(C)=O. The Kier molecular flexibility index (Phi) is 6.32. The van der Waals surface area contributed by atoms with Crippen molar-refractivity contribution in [2.45, 2.75) is 18.6 Å². The fraction of sp³-hybridized carbons (Fsp3) is 0.417. The monoisotopic (exact) mass is 351 g/mol. The van der Waals surface area contributed by atoms with Crippen LogP contribution in [0.5, 0.6) is 0 Å². The van der Waals surface area contributed by atoms with Gasteiger partial charge in [0, 0.05) is 38.9 Å². The quantitative estimate of drug-likeness (QED) is 0.885. The Hall–Kier alpha value is -0.390. The molecule has 0 aromatic heterocycles. The summed E-state index contributed by atoms with van der Waals surface area (Å²) >= 11 is 9.19. The highest BCUT2D eigenvalue weighted by Crippen LogP contribution is 2.23. The van der Waals surface area contributed by atoms with Crippen LogP contribution in [0.4, 0.5) is 0 Å². The van der Waals surface area contributed by atoms with Gasteiger partial charge in [0.2, 0.25) is 0 Å². The lowest BCUT2D eigenvalue weighted by Gasteiger charge is -2.09. The summed E-state index contributed by atoms with van der Waals surface area (Å²) < 4.78 is 11.9. The fourth-order valence-electron chi connectivity index (χ4n) is 1.29. The van der Waals surface area contributed by atoms with Gasteiger partial charge >= 0.3 is 0 Å². The summed E-state index contributed by atoms with van der Waals surface area (Å²) in [6, 6.07) is 5.05. The highest BCUT2D eigenvalue weighted by atomic mass is 79.9. The summed E-state index contributed by atoms with van der Waals surface area (Å²) in [5, 5.41) is 3.37. The number of nitrogens with one attached hydrogen (secondary N) is 1. The smallest absolute Gasteiger partial charge is 0.251 e. The van der Waals surface area contributed by atoms with Crippen LogP contribution in [0.2, 0.25) is 5.02 Å². The molecule has 0 radical (unpaired) electrons. The molecule has 0 heterocycles. The Morgan fingerprint density at radius 1 is 1.56 bits per heavy atom.